The Balaban J connectivity index is 1.66. The van der Waals surface area contributed by atoms with E-state index in [1.807, 2.05) is 7.05 Å². The van der Waals surface area contributed by atoms with Gasteiger partial charge in [-0.05, 0) is 19.2 Å². The molecule has 0 aliphatic carbocycles. The van der Waals surface area contributed by atoms with Crippen LogP contribution in [0.1, 0.15) is 36.5 Å². The fourth-order valence-electron chi connectivity index (χ4n) is 3.65. The van der Waals surface area contributed by atoms with Gasteiger partial charge in [-0.2, -0.15) is 0 Å². The zero-order valence-electron chi connectivity index (χ0n) is 13.2. The number of halogens is 1. The second kappa shape index (κ2) is 6.49. The molecule has 0 N–H and O–H groups in total. The van der Waals surface area contributed by atoms with Crippen LogP contribution in [0.3, 0.4) is 0 Å². The summed E-state index contributed by atoms with van der Waals surface area (Å²) in [4.78, 5) is 25.8. The molecule has 23 heavy (non-hydrogen) atoms. The first kappa shape index (κ1) is 16.3. The fraction of sp³-hybridized carbons (Fsp3) is 0.529. The molecule has 0 unspecified atom stereocenters. The van der Waals surface area contributed by atoms with Crippen LogP contribution >= 0.6 is 11.6 Å². The number of carbonyl (C=O) groups is 2. The van der Waals surface area contributed by atoms with Crippen LogP contribution < -0.4 is 0 Å². The molecule has 1 aromatic rings. The molecule has 0 amide bonds. The van der Waals surface area contributed by atoms with Crippen molar-refractivity contribution in [3.05, 3.63) is 34.9 Å². The summed E-state index contributed by atoms with van der Waals surface area (Å²) in [5.41, 5.74) is 0.386. The minimum atomic E-state index is -0.395. The summed E-state index contributed by atoms with van der Waals surface area (Å²) in [6.07, 6.45) is 1.92. The Labute approximate surface area is 140 Å². The molecule has 3 rings (SSSR count). The van der Waals surface area contributed by atoms with Gasteiger partial charge in [-0.1, -0.05) is 23.7 Å². The van der Waals surface area contributed by atoms with Gasteiger partial charge in [-0.25, -0.2) is 4.79 Å². The highest BCUT2D eigenvalue weighted by atomic mass is 35.5. The van der Waals surface area contributed by atoms with Crippen molar-refractivity contribution in [1.82, 2.24) is 4.90 Å². The van der Waals surface area contributed by atoms with E-state index in [-0.39, 0.29) is 30.3 Å². The lowest BCUT2D eigenvalue weighted by molar-refractivity contribution is -0.147. The average Bonchev–Trinajstić information content (AvgIpc) is 2.67. The topological polar surface area (TPSA) is 55.8 Å². The van der Waals surface area contributed by atoms with Crippen molar-refractivity contribution < 1.29 is 19.1 Å². The number of esters is 2. The Bertz CT molecular complexity index is 620. The average molecular weight is 338 g/mol. The minimum Gasteiger partial charge on any atom is -0.461 e. The highest BCUT2D eigenvalue weighted by Gasteiger charge is 2.47. The van der Waals surface area contributed by atoms with E-state index >= 15 is 0 Å². The lowest BCUT2D eigenvalue weighted by atomic mass is 10.00. The van der Waals surface area contributed by atoms with Crippen molar-refractivity contribution in [2.75, 3.05) is 7.05 Å². The molecule has 5 nitrogen and oxygen atoms in total. The molecule has 2 aliphatic rings. The van der Waals surface area contributed by atoms with E-state index < -0.39 is 5.97 Å². The summed E-state index contributed by atoms with van der Waals surface area (Å²) in [7, 11) is 2.03. The number of carbonyl (C=O) groups excluding carboxylic acids is 2. The first-order valence-electron chi connectivity index (χ1n) is 7.80. The lowest BCUT2D eigenvalue weighted by Gasteiger charge is -2.36. The third-order valence-corrected chi connectivity index (χ3v) is 5.09. The standard InChI is InChI=1S/C17H20ClNO4/c1-10(20)22-16-8-11-7-12(9-15(16)19(11)2)23-17(21)13-5-3-4-6-14(13)18/h3-6,11-12,15-16H,7-9H2,1-2H3/t11-,12-,15+,16-/m0/s1. The van der Waals surface area contributed by atoms with Crippen LogP contribution in [0.15, 0.2) is 24.3 Å². The Morgan fingerprint density at radius 2 is 1.91 bits per heavy atom. The van der Waals surface area contributed by atoms with Gasteiger partial charge in [0.2, 0.25) is 0 Å². The van der Waals surface area contributed by atoms with Crippen molar-refractivity contribution in [2.45, 2.75) is 50.5 Å². The third kappa shape index (κ3) is 3.35. The number of hydrogen-bond donors (Lipinski definition) is 0. The highest BCUT2D eigenvalue weighted by molar-refractivity contribution is 6.33. The number of likely N-dealkylation sites (N-methyl/N-ethyl adjacent to an activating group) is 1. The second-order valence-electron chi connectivity index (χ2n) is 6.25. The van der Waals surface area contributed by atoms with Crippen molar-refractivity contribution in [3.8, 4) is 0 Å². The number of benzene rings is 1. The molecule has 124 valence electrons. The first-order chi connectivity index (χ1) is 11.0. The third-order valence-electron chi connectivity index (χ3n) is 4.76. The van der Waals surface area contributed by atoms with Gasteiger partial charge >= 0.3 is 11.9 Å². The molecule has 0 spiro atoms. The zero-order chi connectivity index (χ0) is 16.6. The summed E-state index contributed by atoms with van der Waals surface area (Å²) in [6.45, 7) is 1.43. The predicted octanol–water partition coefficient (Wildman–Crippen LogP) is 2.66. The van der Waals surface area contributed by atoms with Gasteiger partial charge in [0.15, 0.2) is 0 Å². The van der Waals surface area contributed by atoms with Crippen molar-refractivity contribution in [1.29, 1.82) is 0 Å². The fourth-order valence-corrected chi connectivity index (χ4v) is 3.86. The van der Waals surface area contributed by atoms with Gasteiger partial charge in [-0.3, -0.25) is 9.69 Å². The maximum atomic E-state index is 12.3. The SMILES string of the molecule is CC(=O)O[C@H]1C[C@@H]2C[C@H](OC(=O)c3ccccc3Cl)C[C@H]1N2C. The summed E-state index contributed by atoms with van der Waals surface area (Å²) < 4.78 is 11.1. The Morgan fingerprint density at radius 3 is 2.61 bits per heavy atom. The minimum absolute atomic E-state index is 0.0988. The van der Waals surface area contributed by atoms with Crippen LogP contribution in [-0.4, -0.2) is 48.2 Å². The smallest absolute Gasteiger partial charge is 0.339 e. The van der Waals surface area contributed by atoms with Gasteiger partial charge in [0, 0.05) is 32.2 Å². The quantitative estimate of drug-likeness (QED) is 0.794. The summed E-state index contributed by atoms with van der Waals surface area (Å²) in [6, 6.07) is 7.24. The predicted molar refractivity (Wildman–Crippen MR) is 85.4 cm³/mol. The Hall–Kier alpha value is -1.59. The molecule has 2 heterocycles. The Morgan fingerprint density at radius 1 is 1.17 bits per heavy atom. The van der Waals surface area contributed by atoms with E-state index in [0.717, 1.165) is 12.8 Å². The molecule has 2 bridgehead atoms. The molecular weight excluding hydrogens is 318 g/mol. The van der Waals surface area contributed by atoms with Crippen molar-refractivity contribution in [3.63, 3.8) is 0 Å². The molecule has 2 fully saturated rings. The molecule has 6 heteroatoms. The van der Waals surface area contributed by atoms with Crippen LogP contribution in [0.5, 0.6) is 0 Å². The molecule has 2 saturated heterocycles. The molecule has 4 atom stereocenters. The van der Waals surface area contributed by atoms with Crippen molar-refractivity contribution >= 4 is 23.5 Å². The monoisotopic (exact) mass is 337 g/mol. The molecule has 2 aliphatic heterocycles. The van der Waals surface area contributed by atoms with Crippen LogP contribution in [0.2, 0.25) is 5.02 Å². The maximum absolute atomic E-state index is 12.3. The van der Waals surface area contributed by atoms with E-state index in [4.69, 9.17) is 21.1 Å². The Kier molecular flexibility index (Phi) is 4.60. The highest BCUT2D eigenvalue weighted by Crippen LogP contribution is 2.37. The van der Waals surface area contributed by atoms with Crippen LogP contribution in [-0.2, 0) is 14.3 Å². The first-order valence-corrected chi connectivity index (χ1v) is 8.18. The van der Waals surface area contributed by atoms with E-state index in [9.17, 15) is 9.59 Å². The van der Waals surface area contributed by atoms with Gasteiger partial charge in [-0.15, -0.1) is 0 Å². The number of fused-ring (bicyclic) bond motifs is 2. The maximum Gasteiger partial charge on any atom is 0.339 e. The molecule has 0 aromatic heterocycles. The van der Waals surface area contributed by atoms with Gasteiger partial charge < -0.3 is 9.47 Å². The number of rotatable bonds is 3. The number of ether oxygens (including phenoxy) is 2. The molecule has 0 saturated carbocycles. The van der Waals surface area contributed by atoms with Crippen LogP contribution in [0, 0.1) is 0 Å². The van der Waals surface area contributed by atoms with Gasteiger partial charge in [0.1, 0.15) is 12.2 Å². The normalized spacial score (nSPS) is 30.0. The van der Waals surface area contributed by atoms with E-state index in [1.54, 1.807) is 24.3 Å². The lowest BCUT2D eigenvalue weighted by Crippen LogP contribution is -2.46. The second-order valence-corrected chi connectivity index (χ2v) is 6.66. The molecular formula is C17H20ClNO4. The van der Waals surface area contributed by atoms with Crippen LogP contribution in [0.4, 0.5) is 0 Å². The largest absolute Gasteiger partial charge is 0.461 e. The molecule has 0 radical (unpaired) electrons. The van der Waals surface area contributed by atoms with Gasteiger partial charge in [0.05, 0.1) is 16.6 Å². The zero-order valence-corrected chi connectivity index (χ0v) is 14.0. The number of piperidine rings is 1. The molecule has 1 aromatic carbocycles. The summed E-state index contributed by atoms with van der Waals surface area (Å²) in [5.74, 6) is -0.658. The van der Waals surface area contributed by atoms with Crippen LogP contribution in [0.25, 0.3) is 0 Å². The van der Waals surface area contributed by atoms with E-state index in [2.05, 4.69) is 4.90 Å². The van der Waals surface area contributed by atoms with E-state index in [1.165, 1.54) is 6.92 Å². The number of nitrogens with zero attached hydrogens (tertiary/aromatic N) is 1. The van der Waals surface area contributed by atoms with E-state index in [0.29, 0.717) is 17.0 Å². The van der Waals surface area contributed by atoms with Gasteiger partial charge in [0.25, 0.3) is 0 Å². The number of hydrogen-bond acceptors (Lipinski definition) is 5. The van der Waals surface area contributed by atoms with Crippen molar-refractivity contribution in [2.24, 2.45) is 0 Å². The summed E-state index contributed by atoms with van der Waals surface area (Å²) >= 11 is 6.04. The summed E-state index contributed by atoms with van der Waals surface area (Å²) in [5, 5.41) is 0.395.